The van der Waals surface area contributed by atoms with Gasteiger partial charge >= 0.3 is 0 Å². The number of ketones is 1. The van der Waals surface area contributed by atoms with Gasteiger partial charge in [-0.25, -0.2) is 0 Å². The number of hydrogen-bond acceptors (Lipinski definition) is 3. The minimum absolute atomic E-state index is 0.0650. The Kier molecular flexibility index (Phi) is 4.00. The monoisotopic (exact) mass is 263 g/mol. The second-order valence-electron chi connectivity index (χ2n) is 4.49. The average Bonchev–Trinajstić information content (AvgIpc) is 2.76. The molecule has 18 heavy (non-hydrogen) atoms. The highest BCUT2D eigenvalue weighted by molar-refractivity contribution is 6.30. The molecule has 1 aromatic rings. The molecule has 0 amide bonds. The van der Waals surface area contributed by atoms with Crippen LogP contribution in [0.3, 0.4) is 0 Å². The summed E-state index contributed by atoms with van der Waals surface area (Å²) in [7, 11) is 0. The summed E-state index contributed by atoms with van der Waals surface area (Å²) in [5.74, 6) is -1.00. The molecule has 0 radical (unpaired) electrons. The van der Waals surface area contributed by atoms with Crippen molar-refractivity contribution in [2.75, 3.05) is 6.61 Å². The summed E-state index contributed by atoms with van der Waals surface area (Å²) < 4.78 is 5.38. The van der Waals surface area contributed by atoms with E-state index in [2.05, 4.69) is 6.07 Å². The van der Waals surface area contributed by atoms with Crippen LogP contribution in [-0.4, -0.2) is 18.5 Å². The van der Waals surface area contributed by atoms with Crippen molar-refractivity contribution < 1.29 is 9.53 Å². The first-order chi connectivity index (χ1) is 8.63. The first kappa shape index (κ1) is 13.1. The Bertz CT molecular complexity index is 495. The van der Waals surface area contributed by atoms with Gasteiger partial charge in [-0.05, 0) is 31.0 Å². The van der Waals surface area contributed by atoms with Gasteiger partial charge in [0, 0.05) is 17.5 Å². The molecule has 94 valence electrons. The Balaban J connectivity index is 2.24. The quantitative estimate of drug-likeness (QED) is 0.842. The summed E-state index contributed by atoms with van der Waals surface area (Å²) in [6.07, 6.45) is 0.589. The van der Waals surface area contributed by atoms with Crippen LogP contribution < -0.4 is 0 Å². The fourth-order valence-corrected chi connectivity index (χ4v) is 2.51. The molecule has 2 rings (SSSR count). The fourth-order valence-electron chi connectivity index (χ4n) is 2.31. The highest BCUT2D eigenvalue weighted by Gasteiger charge is 2.35. The maximum atomic E-state index is 12.4. The van der Waals surface area contributed by atoms with E-state index in [0.29, 0.717) is 23.6 Å². The molecule has 0 aliphatic carbocycles. The molecule has 0 spiro atoms. The van der Waals surface area contributed by atoms with Crippen molar-refractivity contribution in [2.24, 2.45) is 5.92 Å². The van der Waals surface area contributed by atoms with E-state index >= 15 is 0 Å². The van der Waals surface area contributed by atoms with E-state index in [1.54, 1.807) is 24.3 Å². The van der Waals surface area contributed by atoms with E-state index in [0.717, 1.165) is 0 Å². The maximum Gasteiger partial charge on any atom is 0.160 e. The zero-order valence-electron chi connectivity index (χ0n) is 10.1. The van der Waals surface area contributed by atoms with Gasteiger partial charge in [-0.2, -0.15) is 5.26 Å². The molecule has 4 heteroatoms. The van der Waals surface area contributed by atoms with E-state index in [1.807, 2.05) is 6.92 Å². The fraction of sp³-hybridized carbons (Fsp3) is 0.429. The molecule has 1 aliphatic heterocycles. The third-order valence-corrected chi connectivity index (χ3v) is 3.57. The SMILES string of the molecule is CC1OCCC1C(=O)C(C#N)c1cccc(Cl)c1. The topological polar surface area (TPSA) is 50.1 Å². The van der Waals surface area contributed by atoms with Crippen molar-refractivity contribution in [2.45, 2.75) is 25.4 Å². The lowest BCUT2D eigenvalue weighted by molar-refractivity contribution is -0.124. The van der Waals surface area contributed by atoms with Gasteiger partial charge in [0.25, 0.3) is 0 Å². The molecule has 3 nitrogen and oxygen atoms in total. The molecule has 3 unspecified atom stereocenters. The largest absolute Gasteiger partial charge is 0.378 e. The summed E-state index contributed by atoms with van der Waals surface area (Å²) >= 11 is 5.89. The predicted molar refractivity (Wildman–Crippen MR) is 68.3 cm³/mol. The van der Waals surface area contributed by atoms with Crippen molar-refractivity contribution in [3.8, 4) is 6.07 Å². The van der Waals surface area contributed by atoms with Crippen LogP contribution in [0.15, 0.2) is 24.3 Å². The zero-order valence-corrected chi connectivity index (χ0v) is 10.9. The molecule has 1 aliphatic rings. The molecule has 0 N–H and O–H groups in total. The second kappa shape index (κ2) is 5.51. The maximum absolute atomic E-state index is 12.4. The highest BCUT2D eigenvalue weighted by atomic mass is 35.5. The van der Waals surface area contributed by atoms with E-state index in [9.17, 15) is 10.1 Å². The summed E-state index contributed by atoms with van der Waals surface area (Å²) in [4.78, 5) is 12.4. The molecule has 1 fully saturated rings. The van der Waals surface area contributed by atoms with Crippen molar-refractivity contribution in [3.05, 3.63) is 34.9 Å². The number of ether oxygens (including phenoxy) is 1. The number of benzene rings is 1. The number of nitriles is 1. The Labute approximate surface area is 111 Å². The molecule has 1 saturated heterocycles. The Morgan fingerprint density at radius 3 is 2.94 bits per heavy atom. The predicted octanol–water partition coefficient (Wildman–Crippen LogP) is 2.94. The second-order valence-corrected chi connectivity index (χ2v) is 4.93. The lowest BCUT2D eigenvalue weighted by Crippen LogP contribution is -2.26. The van der Waals surface area contributed by atoms with Crippen LogP contribution in [0.2, 0.25) is 5.02 Å². The third kappa shape index (κ3) is 2.55. The van der Waals surface area contributed by atoms with Gasteiger partial charge in [0.1, 0.15) is 5.92 Å². The van der Waals surface area contributed by atoms with E-state index in [1.165, 1.54) is 0 Å². The smallest absolute Gasteiger partial charge is 0.160 e. The summed E-state index contributed by atoms with van der Waals surface area (Å²) in [6.45, 7) is 2.47. The number of Topliss-reactive ketones (excluding diaryl/α,β-unsaturated/α-hetero) is 1. The van der Waals surface area contributed by atoms with E-state index < -0.39 is 5.92 Å². The number of nitrogens with zero attached hydrogens (tertiary/aromatic N) is 1. The minimum atomic E-state index is -0.752. The van der Waals surface area contributed by atoms with Gasteiger partial charge in [-0.15, -0.1) is 0 Å². The Hall–Kier alpha value is -1.37. The average molecular weight is 264 g/mol. The molecular weight excluding hydrogens is 250 g/mol. The van der Waals surface area contributed by atoms with Crippen LogP contribution in [0.4, 0.5) is 0 Å². The first-order valence-corrected chi connectivity index (χ1v) is 6.31. The normalized spacial score (nSPS) is 24.5. The van der Waals surface area contributed by atoms with Crippen molar-refractivity contribution in [1.82, 2.24) is 0 Å². The number of rotatable bonds is 3. The van der Waals surface area contributed by atoms with Crippen molar-refractivity contribution in [3.63, 3.8) is 0 Å². The van der Waals surface area contributed by atoms with Gasteiger partial charge < -0.3 is 4.74 Å². The zero-order chi connectivity index (χ0) is 13.1. The lowest BCUT2D eigenvalue weighted by Gasteiger charge is -2.16. The Morgan fingerprint density at radius 2 is 2.39 bits per heavy atom. The summed E-state index contributed by atoms with van der Waals surface area (Å²) in [6, 6.07) is 9.00. The standard InChI is InChI=1S/C14H14ClNO2/c1-9-12(5-6-18-9)14(17)13(8-16)10-3-2-4-11(15)7-10/h2-4,7,9,12-13H,5-6H2,1H3. The molecular formula is C14H14ClNO2. The van der Waals surface area contributed by atoms with Crippen LogP contribution in [-0.2, 0) is 9.53 Å². The van der Waals surface area contributed by atoms with Gasteiger partial charge in [0.2, 0.25) is 0 Å². The number of carbonyl (C=O) groups is 1. The summed E-state index contributed by atoms with van der Waals surface area (Å²) in [5.41, 5.74) is 0.661. The van der Waals surface area contributed by atoms with Gasteiger partial charge in [0.15, 0.2) is 5.78 Å². The first-order valence-electron chi connectivity index (χ1n) is 5.94. The van der Waals surface area contributed by atoms with Crippen LogP contribution in [0, 0.1) is 17.2 Å². The van der Waals surface area contributed by atoms with E-state index in [4.69, 9.17) is 16.3 Å². The third-order valence-electron chi connectivity index (χ3n) is 3.34. The molecule has 1 heterocycles. The van der Waals surface area contributed by atoms with Gasteiger partial charge in [-0.3, -0.25) is 4.79 Å². The molecule has 1 aromatic carbocycles. The molecule has 0 saturated carbocycles. The summed E-state index contributed by atoms with van der Waals surface area (Å²) in [5, 5.41) is 9.77. The van der Waals surface area contributed by atoms with Crippen LogP contribution in [0.5, 0.6) is 0 Å². The van der Waals surface area contributed by atoms with E-state index in [-0.39, 0.29) is 17.8 Å². The molecule has 0 aromatic heterocycles. The van der Waals surface area contributed by atoms with Crippen LogP contribution in [0.1, 0.15) is 24.8 Å². The minimum Gasteiger partial charge on any atom is -0.378 e. The van der Waals surface area contributed by atoms with Crippen molar-refractivity contribution >= 4 is 17.4 Å². The van der Waals surface area contributed by atoms with Crippen molar-refractivity contribution in [1.29, 1.82) is 5.26 Å². The number of hydrogen-bond donors (Lipinski definition) is 0. The Morgan fingerprint density at radius 1 is 1.61 bits per heavy atom. The van der Waals surface area contributed by atoms with Gasteiger partial charge in [-0.1, -0.05) is 23.7 Å². The van der Waals surface area contributed by atoms with Gasteiger partial charge in [0.05, 0.1) is 12.2 Å². The molecule has 3 atom stereocenters. The molecule has 0 bridgehead atoms. The number of carbonyl (C=O) groups excluding carboxylic acids is 1. The number of halogens is 1. The van der Waals surface area contributed by atoms with Crippen LogP contribution >= 0.6 is 11.6 Å². The highest BCUT2D eigenvalue weighted by Crippen LogP contribution is 2.29. The van der Waals surface area contributed by atoms with Crippen LogP contribution in [0.25, 0.3) is 0 Å². The lowest BCUT2D eigenvalue weighted by atomic mass is 9.85.